The van der Waals surface area contributed by atoms with Gasteiger partial charge in [-0.25, -0.2) is 68.5 Å². The zero-order valence-corrected chi connectivity index (χ0v) is 84.9. The summed E-state index contributed by atoms with van der Waals surface area (Å²) in [6.07, 6.45) is 8.71. The van der Waals surface area contributed by atoms with Crippen LogP contribution in [-0.4, -0.2) is 181 Å². The van der Waals surface area contributed by atoms with Crippen LogP contribution in [0.2, 0.25) is 77.1 Å². The molecule has 3 saturated heterocycles. The number of benzene rings is 7. The van der Waals surface area contributed by atoms with E-state index in [1.807, 2.05) is 132 Å². The Morgan fingerprint density at radius 3 is 1.12 bits per heavy atom. The number of anilines is 3. The zero-order valence-electron chi connectivity index (χ0n) is 77.3. The highest BCUT2D eigenvalue weighted by Gasteiger charge is 2.64. The zero-order chi connectivity index (χ0) is 96.5. The van der Waals surface area contributed by atoms with Crippen LogP contribution in [-0.2, 0) is 72.3 Å². The molecule has 3 fully saturated rings. The Morgan fingerprint density at radius 2 is 0.775 bits per heavy atom. The van der Waals surface area contributed by atoms with Crippen LogP contribution in [0.4, 0.5) is 43.8 Å². The smallest absolute Gasteiger partial charge is 0.405 e. The van der Waals surface area contributed by atoms with Crippen LogP contribution in [0.25, 0.3) is 32.3 Å². The summed E-state index contributed by atoms with van der Waals surface area (Å²) in [5.41, 5.74) is 3.68. The fourth-order valence-electron chi connectivity index (χ4n) is 11.7. The molecular weight excluding hydrogens is 1910 g/mol. The summed E-state index contributed by atoms with van der Waals surface area (Å²) in [6.45, 7) is 49.5. The number of ether oxygens (including phenoxy) is 3. The van der Waals surface area contributed by atoms with E-state index in [0.717, 1.165) is 68.9 Å². The Hall–Kier alpha value is -7.36. The van der Waals surface area contributed by atoms with Crippen molar-refractivity contribution in [3.8, 4) is 5.75 Å². The van der Waals surface area contributed by atoms with Crippen molar-refractivity contribution in [3.63, 3.8) is 0 Å². The molecule has 0 unspecified atom stereocenters. The molecule has 10 aromatic rings. The van der Waals surface area contributed by atoms with Gasteiger partial charge in [0.1, 0.15) is 54.8 Å². The van der Waals surface area contributed by atoms with Gasteiger partial charge in [0.15, 0.2) is 0 Å². The number of halogens is 8. The van der Waals surface area contributed by atoms with Gasteiger partial charge in [0, 0.05) is 90.3 Å². The number of rotatable bonds is 25. The van der Waals surface area contributed by atoms with Crippen LogP contribution in [0, 0.1) is 29.1 Å². The Balaban J connectivity index is 0.000000254. The first kappa shape index (κ1) is 109. The molecule has 2 N–H and O–H groups in total. The van der Waals surface area contributed by atoms with Crippen molar-refractivity contribution in [1.29, 1.82) is 0 Å². The molecular formula is C87H120B3Br2F6N9O16S3Si3. The van der Waals surface area contributed by atoms with Gasteiger partial charge in [0.25, 0.3) is 20.0 Å². The summed E-state index contributed by atoms with van der Waals surface area (Å²) in [5.74, 6) is -12.6. The molecule has 0 aliphatic carbocycles. The maximum atomic E-state index is 13.8. The predicted molar refractivity (Wildman–Crippen MR) is 515 cm³/mol. The first-order valence-corrected chi connectivity index (χ1v) is 57.9. The maximum Gasteiger partial charge on any atom is 0.495 e. The minimum atomic E-state index is -4.86. The summed E-state index contributed by atoms with van der Waals surface area (Å²) >= 11 is 6.77. The van der Waals surface area contributed by atoms with Crippen molar-refractivity contribution in [1.82, 2.24) is 29.9 Å². The van der Waals surface area contributed by atoms with Crippen LogP contribution in [0.1, 0.15) is 98.8 Å². The molecule has 0 spiro atoms. The van der Waals surface area contributed by atoms with E-state index in [2.05, 4.69) is 125 Å². The lowest BCUT2D eigenvalue weighted by Crippen LogP contribution is -2.41. The number of hydrogen-bond acceptors (Lipinski definition) is 23. The molecule has 3 aliphatic heterocycles. The van der Waals surface area contributed by atoms with Crippen molar-refractivity contribution < 1.29 is 99.3 Å². The largest absolute Gasteiger partial charge is 0.495 e. The Labute approximate surface area is 779 Å². The van der Waals surface area contributed by atoms with Crippen molar-refractivity contribution in [2.75, 3.05) is 61.4 Å². The number of nitrogens with zero attached hydrogens (tertiary/aromatic N) is 8. The minimum Gasteiger partial charge on any atom is -0.405 e. The molecule has 0 atom stereocenters. The lowest BCUT2D eigenvalue weighted by molar-refractivity contribution is 0.00578. The number of fused-ring (bicyclic) bond motifs is 3. The highest BCUT2D eigenvalue weighted by atomic mass is 79.9. The lowest BCUT2D eigenvalue weighted by atomic mass is 9.49. The summed E-state index contributed by atoms with van der Waals surface area (Å²) in [4.78, 5) is 23.3. The molecule has 0 saturated carbocycles. The van der Waals surface area contributed by atoms with Crippen molar-refractivity contribution in [2.24, 2.45) is 0 Å². The van der Waals surface area contributed by atoms with Gasteiger partial charge < -0.3 is 52.1 Å². The quantitative estimate of drug-likeness (QED) is 0.0106. The SMILES string of the molecule is C.CC1(C)OB(B2OC(C)(C)C(C)(C)O2)OC1(C)C.CC1(C)OB(c2cccc3cc(S(=O)(=O)N(COCC[Si](C)(C)C)c4ccncn4)ccc23)OC1(C)C.CCOCC[Si](C)(C)C.C[Si](C)(C)CCOCN(c1ccncn1)S(=O)(=O)c1ccc2c(Br)cccc2c1.Nc1ccncn1.O=S(=O)(Oc1c(F)c(F)c(F)c(F)c1F)c1ccc2c(Br)cccc2c1.[2H]CF. The fourth-order valence-corrected chi connectivity index (χ4v) is 18.6. The second kappa shape index (κ2) is 45.6. The van der Waals surface area contributed by atoms with E-state index in [1.54, 1.807) is 72.9 Å². The van der Waals surface area contributed by atoms with Crippen LogP contribution >= 0.6 is 31.9 Å². The van der Waals surface area contributed by atoms with E-state index >= 15 is 0 Å². The second-order valence-corrected chi connectivity index (χ2v) is 60.3. The molecule has 25 nitrogen and oxygen atoms in total. The number of nitrogen functional groups attached to an aromatic ring is 1. The van der Waals surface area contributed by atoms with E-state index in [-0.39, 0.29) is 64.7 Å². The van der Waals surface area contributed by atoms with Crippen molar-refractivity contribution in [2.45, 2.75) is 223 Å². The van der Waals surface area contributed by atoms with Crippen LogP contribution in [0.3, 0.4) is 0 Å². The highest BCUT2D eigenvalue weighted by Crippen LogP contribution is 2.44. The van der Waals surface area contributed by atoms with E-state index in [0.29, 0.717) is 34.3 Å². The molecule has 0 radical (unpaired) electrons. The number of hydrogen-bond donors (Lipinski definition) is 1. The van der Waals surface area contributed by atoms with Gasteiger partial charge in [-0.15, -0.1) is 0 Å². The lowest BCUT2D eigenvalue weighted by Gasteiger charge is -2.32. The molecule has 0 bridgehead atoms. The highest BCUT2D eigenvalue weighted by molar-refractivity contribution is 9.11. The standard InChI is InChI=1S/C26H36BN3O5SSi.C20H24BrN3O3SSi.C16H6BrF5O3S.C12H24B2O4.C7H18OSi.C4H5N3.CH3F.CH4/c1-25(2)26(3,4)35-27(34-25)23-10-8-9-20-17-21(11-12-22(20)23)36(31,32)30(24-13-14-28-18-29-24)19-33-15-16-37(5,6)7;1-29(2,3)12-11-27-15-24(20-9-10-22-14-23-20)28(25,26)17-7-8-18-16(13-17)5-4-6-19(18)21;17-10-3-1-2-7-6-8(4-5-9(7)10)26(23,24)25-16-14(21)12(19)11(18)13(20)15(16)22;1-9(2)10(3,4)16-13(15-9)14-17-11(5,6)12(7,8)18-14;1-5-8-6-7-9(2,3)4;5-4-1-2-6-3-7-4;1-2;/h8-14,17-18H,15-16,19H2,1-7H3;4-10,13-14H,11-12,15H2,1-3H3;1-6H;1-8H3;5-7H2,1-4H3;1-3H,(H2,5,6,7);1H3;1H4/i;;;;;;1D;. The van der Waals surface area contributed by atoms with Gasteiger partial charge in [-0.05, 0) is 201 Å². The first-order chi connectivity index (χ1) is 59.8. The molecule has 6 heterocycles. The Morgan fingerprint density at radius 1 is 0.450 bits per heavy atom. The van der Waals surface area contributed by atoms with Crippen molar-refractivity contribution in [3.05, 3.63) is 203 Å². The number of nitrogens with two attached hydrogens (primary N) is 1. The average Bonchev–Trinajstić information content (AvgIpc) is 1.57. The van der Waals surface area contributed by atoms with Gasteiger partial charge in [0.2, 0.25) is 34.8 Å². The topological polar surface area (TPSA) is 305 Å². The third kappa shape index (κ3) is 29.6. The van der Waals surface area contributed by atoms with Gasteiger partial charge >= 0.3 is 31.3 Å². The number of aromatic nitrogens is 6. The molecule has 3 aromatic heterocycles. The Kier molecular flexibility index (Phi) is 38.4. The second-order valence-electron chi connectivity index (χ2n) is 36.4. The third-order valence-corrected chi connectivity index (χ3v) is 32.6. The van der Waals surface area contributed by atoms with E-state index in [9.17, 15) is 51.6 Å². The van der Waals surface area contributed by atoms with Gasteiger partial charge in [0.05, 0.1) is 51.9 Å². The van der Waals surface area contributed by atoms with E-state index in [4.69, 9.17) is 49.2 Å². The third-order valence-electron chi connectivity index (χ3n) is 21.4. The van der Waals surface area contributed by atoms with E-state index < -0.39 is 134 Å². The first-order valence-electron chi connectivity index (χ1n) is 41.6. The normalized spacial score (nSPS) is 16.0. The fraction of sp³-hybridized carbons (Fsp3) is 0.448. The van der Waals surface area contributed by atoms with Crippen molar-refractivity contribution >= 4 is 163 Å². The molecule has 704 valence electrons. The van der Waals surface area contributed by atoms with Crippen LogP contribution in [0.5, 0.6) is 5.75 Å². The summed E-state index contributed by atoms with van der Waals surface area (Å²) in [5, 5.41) is 4.52. The molecule has 3 aliphatic rings. The average molecular weight is 2040 g/mol. The minimum absolute atomic E-state index is 0. The number of sulfonamides is 2. The molecule has 0 amide bonds. The molecule has 42 heteroatoms. The van der Waals surface area contributed by atoms with Gasteiger partial charge in [-0.1, -0.05) is 159 Å². The monoisotopic (exact) mass is 2030 g/mol. The van der Waals surface area contributed by atoms with Crippen LogP contribution < -0.4 is 24.0 Å². The summed E-state index contributed by atoms with van der Waals surface area (Å²) in [7, 11) is -18.6. The van der Waals surface area contributed by atoms with Gasteiger partial charge in [-0.2, -0.15) is 17.2 Å². The Bertz CT molecular complexity index is 5670. The molecule has 7 aromatic carbocycles. The molecule has 13 rings (SSSR count). The maximum absolute atomic E-state index is 13.8. The predicted octanol–water partition coefficient (Wildman–Crippen LogP) is 20.3. The summed E-state index contributed by atoms with van der Waals surface area (Å²) < 4.78 is 223. The summed E-state index contributed by atoms with van der Waals surface area (Å²) in [6, 6.07) is 38.1. The van der Waals surface area contributed by atoms with Crippen LogP contribution in [0.15, 0.2) is 189 Å². The number of alkyl halides is 1. The molecule has 129 heavy (non-hydrogen) atoms. The van der Waals surface area contributed by atoms with Gasteiger partial charge in [-0.3, -0.25) is 4.39 Å². The van der Waals surface area contributed by atoms with E-state index in [1.165, 1.54) is 52.1 Å².